The zero-order chi connectivity index (χ0) is 44.3. The fraction of sp³-hybridized carbons (Fsp3) is 0.268. The number of methoxy groups -OCH3 is 1. The van der Waals surface area contributed by atoms with Gasteiger partial charge in [0.25, 0.3) is 21.5 Å². The van der Waals surface area contributed by atoms with Crippen molar-refractivity contribution in [3.63, 3.8) is 0 Å². The van der Waals surface area contributed by atoms with Crippen LogP contribution in [-0.2, 0) is 44.4 Å². The molecule has 1 saturated carbocycles. The Morgan fingerprint density at radius 2 is 1.63 bits per heavy atom. The van der Waals surface area contributed by atoms with Crippen LogP contribution in [0.3, 0.4) is 0 Å². The molecule has 0 spiro atoms. The minimum Gasteiger partial charge on any atom is -0.461 e. The van der Waals surface area contributed by atoms with Crippen molar-refractivity contribution in [3.8, 4) is 16.9 Å². The van der Waals surface area contributed by atoms with Gasteiger partial charge in [0.05, 0.1) is 33.2 Å². The third kappa shape index (κ3) is 9.37. The van der Waals surface area contributed by atoms with Crippen molar-refractivity contribution in [2.75, 3.05) is 11.8 Å². The van der Waals surface area contributed by atoms with Gasteiger partial charge >= 0.3 is 11.7 Å². The van der Waals surface area contributed by atoms with E-state index in [1.165, 1.54) is 92.2 Å². The van der Waals surface area contributed by atoms with Gasteiger partial charge in [0.2, 0.25) is 5.92 Å². The lowest BCUT2D eigenvalue weighted by Gasteiger charge is -2.29. The van der Waals surface area contributed by atoms with E-state index in [0.29, 0.717) is 34.6 Å². The first-order chi connectivity index (χ1) is 29.5. The highest BCUT2D eigenvalue weighted by atomic mass is 32.2. The van der Waals surface area contributed by atoms with Gasteiger partial charge < -0.3 is 14.8 Å². The smallest absolute Gasteiger partial charge is 0.337 e. The molecule has 2 N–H and O–H groups in total. The summed E-state index contributed by atoms with van der Waals surface area (Å²) in [5, 5.41) is 2.50. The predicted octanol–water partition coefficient (Wildman–Crippen LogP) is 4.62. The van der Waals surface area contributed by atoms with E-state index >= 15 is 8.78 Å². The minimum absolute atomic E-state index is 0.0750. The van der Waals surface area contributed by atoms with E-state index in [0.717, 1.165) is 4.57 Å². The van der Waals surface area contributed by atoms with Gasteiger partial charge in [-0.3, -0.25) is 23.9 Å². The summed E-state index contributed by atoms with van der Waals surface area (Å²) >= 11 is 0. The Morgan fingerprint density at radius 3 is 2.29 bits per heavy atom. The van der Waals surface area contributed by atoms with Crippen LogP contribution in [0, 0.1) is 11.6 Å². The number of carbonyl (C=O) groups is 2. The number of ether oxygens (including phenoxy) is 2. The summed E-state index contributed by atoms with van der Waals surface area (Å²) < 4.78 is 99.6. The topological polar surface area (TPSA) is 206 Å². The van der Waals surface area contributed by atoms with Crippen LogP contribution >= 0.6 is 0 Å². The highest BCUT2D eigenvalue weighted by Gasteiger charge is 2.37. The number of hydrogen-bond acceptors (Lipinski definition) is 12. The van der Waals surface area contributed by atoms with E-state index in [-0.39, 0.29) is 47.5 Å². The standard InChI is InChI=1S/C41H36F4N8O8S/c1-52-34-21-46-14-11-28(34)38(55)53(40(52)57)36-8-3-23(18-49-36)15-33(39(56)61-26-9-12-41(44,45)13-10-26)50-37(54)29-16-31(43)32(17-30(29)42)51-62(58,59)27-6-4-24(5-7-27)25-19-47-35(22-60-2)48-20-25/h3-8,11,14,16-21,26,33,51H,9-10,12-13,15,22H2,1-2H3,(H,50,54)/t33-/m0/s1. The lowest BCUT2D eigenvalue weighted by atomic mass is 9.94. The number of benzene rings is 2. The molecule has 4 aromatic heterocycles. The molecule has 0 bridgehead atoms. The highest BCUT2D eigenvalue weighted by Crippen LogP contribution is 2.34. The number of hydrogen-bond donors (Lipinski definition) is 2. The van der Waals surface area contributed by atoms with Crippen molar-refractivity contribution >= 4 is 38.5 Å². The number of nitrogens with one attached hydrogen (secondary N) is 2. The summed E-state index contributed by atoms with van der Waals surface area (Å²) in [6.45, 7) is 0.201. The van der Waals surface area contributed by atoms with Gasteiger partial charge in [-0.25, -0.2) is 55.1 Å². The quantitative estimate of drug-likeness (QED) is 0.120. The Kier molecular flexibility index (Phi) is 12.3. The monoisotopic (exact) mass is 876 g/mol. The number of halogens is 4. The van der Waals surface area contributed by atoms with E-state index in [2.05, 4.69) is 25.3 Å². The Hall–Kier alpha value is -6.87. The van der Waals surface area contributed by atoms with E-state index in [1.54, 1.807) is 0 Å². The largest absolute Gasteiger partial charge is 0.461 e. The number of anilines is 1. The highest BCUT2D eigenvalue weighted by molar-refractivity contribution is 7.92. The fourth-order valence-corrected chi connectivity index (χ4v) is 7.80. The van der Waals surface area contributed by atoms with Crippen molar-refractivity contribution in [2.45, 2.75) is 61.7 Å². The summed E-state index contributed by atoms with van der Waals surface area (Å²) in [4.78, 5) is 69.6. The Labute approximate surface area is 349 Å². The molecule has 0 radical (unpaired) electrons. The number of aryl methyl sites for hydroxylation is 1. The first-order valence-corrected chi connectivity index (χ1v) is 20.3. The molecule has 7 rings (SSSR count). The molecule has 21 heteroatoms. The average molecular weight is 877 g/mol. The van der Waals surface area contributed by atoms with Gasteiger partial charge in [-0.1, -0.05) is 18.2 Å². The number of pyridine rings is 2. The third-order valence-electron chi connectivity index (χ3n) is 10.1. The normalized spacial score (nSPS) is 14.6. The molecule has 1 aliphatic carbocycles. The molecular formula is C41H36F4N8O8S. The Balaban J connectivity index is 1.09. The molecule has 16 nitrogen and oxygen atoms in total. The minimum atomic E-state index is -4.48. The van der Waals surface area contributed by atoms with Crippen LogP contribution in [0.5, 0.6) is 0 Å². The second-order valence-corrected chi connectivity index (χ2v) is 16.1. The van der Waals surface area contributed by atoms with Gasteiger partial charge in [0.1, 0.15) is 36.2 Å². The molecule has 1 fully saturated rings. The molecule has 1 aliphatic rings. The maximum Gasteiger partial charge on any atom is 0.337 e. The van der Waals surface area contributed by atoms with E-state index in [4.69, 9.17) is 9.47 Å². The number of amides is 1. The Morgan fingerprint density at radius 1 is 0.919 bits per heavy atom. The number of rotatable bonds is 13. The third-order valence-corrected chi connectivity index (χ3v) is 11.5. The predicted molar refractivity (Wildman–Crippen MR) is 214 cm³/mol. The average Bonchev–Trinajstić information content (AvgIpc) is 3.25. The van der Waals surface area contributed by atoms with Crippen molar-refractivity contribution in [2.24, 2.45) is 7.05 Å². The second kappa shape index (κ2) is 17.6. The van der Waals surface area contributed by atoms with Crippen LogP contribution in [-0.4, -0.2) is 74.5 Å². The fourth-order valence-electron chi connectivity index (χ4n) is 6.75. The molecule has 4 heterocycles. The molecule has 0 unspecified atom stereocenters. The number of nitrogens with zero attached hydrogens (tertiary/aromatic N) is 6. The van der Waals surface area contributed by atoms with Gasteiger partial charge in [0.15, 0.2) is 5.82 Å². The summed E-state index contributed by atoms with van der Waals surface area (Å²) in [6.07, 6.45) is 4.32. The van der Waals surface area contributed by atoms with Crippen LogP contribution in [0.4, 0.5) is 23.2 Å². The van der Waals surface area contributed by atoms with Crippen LogP contribution < -0.4 is 21.3 Å². The number of fused-ring (bicyclic) bond motifs is 1. The lowest BCUT2D eigenvalue weighted by Crippen LogP contribution is -2.45. The lowest BCUT2D eigenvalue weighted by molar-refractivity contribution is -0.157. The second-order valence-electron chi connectivity index (χ2n) is 14.4. The summed E-state index contributed by atoms with van der Waals surface area (Å²) in [5.41, 5.74) is -1.43. The summed E-state index contributed by atoms with van der Waals surface area (Å²) in [7, 11) is -1.54. The van der Waals surface area contributed by atoms with Crippen molar-refractivity contribution in [1.82, 2.24) is 34.4 Å². The zero-order valence-corrected chi connectivity index (χ0v) is 33.7. The van der Waals surface area contributed by atoms with Crippen LogP contribution in [0.2, 0.25) is 0 Å². The van der Waals surface area contributed by atoms with Crippen LogP contribution in [0.1, 0.15) is 47.4 Å². The number of sulfonamides is 1. The van der Waals surface area contributed by atoms with Crippen molar-refractivity contribution in [3.05, 3.63) is 135 Å². The van der Waals surface area contributed by atoms with Crippen molar-refractivity contribution in [1.29, 1.82) is 0 Å². The Bertz CT molecular complexity index is 2890. The number of aromatic nitrogens is 6. The maximum atomic E-state index is 15.6. The molecule has 62 heavy (non-hydrogen) atoms. The van der Waals surface area contributed by atoms with E-state index in [1.807, 2.05) is 4.72 Å². The summed E-state index contributed by atoms with van der Waals surface area (Å²) in [5.74, 6) is -7.63. The molecule has 2 aromatic carbocycles. The summed E-state index contributed by atoms with van der Waals surface area (Å²) in [6, 6.07) is 8.87. The maximum absolute atomic E-state index is 15.6. The van der Waals surface area contributed by atoms with Crippen molar-refractivity contribution < 1.29 is 45.0 Å². The molecule has 1 atom stereocenters. The number of alkyl halides is 2. The van der Waals surface area contributed by atoms with Crippen LogP contribution in [0.25, 0.3) is 27.8 Å². The number of esters is 1. The van der Waals surface area contributed by atoms with Crippen LogP contribution in [0.15, 0.2) is 100 Å². The van der Waals surface area contributed by atoms with Gasteiger partial charge in [-0.15, -0.1) is 0 Å². The molecule has 322 valence electrons. The first-order valence-electron chi connectivity index (χ1n) is 18.9. The molecular weight excluding hydrogens is 841 g/mol. The van der Waals surface area contributed by atoms with Gasteiger partial charge in [-0.05, 0) is 54.3 Å². The molecule has 0 saturated heterocycles. The molecule has 0 aliphatic heterocycles. The van der Waals surface area contributed by atoms with Gasteiger partial charge in [-0.2, -0.15) is 0 Å². The molecule has 1 amide bonds. The van der Waals surface area contributed by atoms with E-state index in [9.17, 15) is 36.4 Å². The zero-order valence-electron chi connectivity index (χ0n) is 32.8. The number of carbonyl (C=O) groups excluding carboxylic acids is 2. The van der Waals surface area contributed by atoms with E-state index < -0.39 is 86.9 Å². The molecule has 6 aromatic rings. The SMILES string of the molecule is COCc1ncc(-c2ccc(S(=O)(=O)Nc3cc(F)c(C(=O)N[C@@H](Cc4ccc(-n5c(=O)c6ccncc6n(C)c5=O)nc4)C(=O)OC4CCC(F)(F)CC4)cc3F)cc2)cn1. The van der Waals surface area contributed by atoms with Gasteiger partial charge in [0, 0.05) is 69.8 Å². The first kappa shape index (κ1) is 43.2.